The molecule has 0 radical (unpaired) electrons. The van der Waals surface area contributed by atoms with Gasteiger partial charge in [-0.3, -0.25) is 14.4 Å². The van der Waals surface area contributed by atoms with Gasteiger partial charge < -0.3 is 34.3 Å². The van der Waals surface area contributed by atoms with Gasteiger partial charge in [0.2, 0.25) is 0 Å². The Bertz CT molecular complexity index is 1180. The van der Waals surface area contributed by atoms with Gasteiger partial charge in [0.25, 0.3) is 0 Å². The third-order valence-electron chi connectivity index (χ3n) is 11.6. The fourth-order valence-corrected chi connectivity index (χ4v) is 10.0. The van der Waals surface area contributed by atoms with Crippen LogP contribution in [0.1, 0.15) is 58.4 Å². The number of carbonyl (C=O) groups excluding carboxylic acids is 3. The number of hydrogen-bond donors (Lipinski definition) is 4. The second kappa shape index (κ2) is 7.97. The Morgan fingerprint density at radius 1 is 1.00 bits per heavy atom. The highest BCUT2D eigenvalue weighted by molar-refractivity contribution is 5.96. The van der Waals surface area contributed by atoms with Crippen LogP contribution in [0, 0.1) is 39.4 Å². The fourth-order valence-electron chi connectivity index (χ4n) is 10.0. The quantitative estimate of drug-likeness (QED) is 0.403. The zero-order chi connectivity index (χ0) is 27.6. The first kappa shape index (κ1) is 26.1. The van der Waals surface area contributed by atoms with Crippen molar-refractivity contribution in [3.63, 3.8) is 0 Å². The Kier molecular flexibility index (Phi) is 5.48. The van der Waals surface area contributed by atoms with Crippen LogP contribution in [0.25, 0.3) is 0 Å². The van der Waals surface area contributed by atoms with E-state index in [1.54, 1.807) is 26.8 Å². The second-order valence-corrected chi connectivity index (χ2v) is 13.0. The number of aliphatic hydroxyl groups is 4. The lowest BCUT2D eigenvalue weighted by atomic mass is 9.33. The molecule has 1 aromatic rings. The Morgan fingerprint density at radius 3 is 2.34 bits per heavy atom. The number of esters is 1. The molecule has 1 saturated heterocycles. The summed E-state index contributed by atoms with van der Waals surface area (Å²) >= 11 is 0. The molecule has 0 aromatic carbocycles. The van der Waals surface area contributed by atoms with Gasteiger partial charge in [-0.05, 0) is 24.0 Å². The summed E-state index contributed by atoms with van der Waals surface area (Å²) in [5.41, 5.74) is -4.37. The van der Waals surface area contributed by atoms with Gasteiger partial charge in [0.15, 0.2) is 12.1 Å². The topological polar surface area (TPSA) is 164 Å². The molecule has 4 saturated carbocycles. The highest BCUT2D eigenvalue weighted by Gasteiger charge is 2.81. The highest BCUT2D eigenvalue weighted by atomic mass is 16.6. The number of ketones is 2. The van der Waals surface area contributed by atoms with Crippen LogP contribution in [0.4, 0.5) is 0 Å². The summed E-state index contributed by atoms with van der Waals surface area (Å²) in [6.45, 7) is 6.19. The molecule has 2 bridgehead atoms. The minimum Gasteiger partial charge on any atom is -0.472 e. The predicted molar refractivity (Wildman–Crippen MR) is 128 cm³/mol. The highest BCUT2D eigenvalue weighted by Crippen LogP contribution is 2.75. The molecule has 1 aliphatic heterocycles. The first-order valence-electron chi connectivity index (χ1n) is 13.4. The lowest BCUT2D eigenvalue weighted by Gasteiger charge is -2.72. The molecule has 4 aliphatic carbocycles. The number of carbonyl (C=O) groups is 3. The van der Waals surface area contributed by atoms with Crippen LogP contribution < -0.4 is 0 Å². The average molecular weight is 533 g/mol. The maximum absolute atomic E-state index is 14.4. The lowest BCUT2D eigenvalue weighted by Crippen LogP contribution is -2.80. The number of hydrogen-bond acceptors (Lipinski definition) is 10. The molecule has 0 amide bonds. The number of fused-ring (bicyclic) bond motifs is 3. The Morgan fingerprint density at radius 2 is 1.71 bits per heavy atom. The van der Waals surface area contributed by atoms with Crippen molar-refractivity contribution in [3.05, 3.63) is 24.2 Å². The molecule has 0 spiro atoms. The van der Waals surface area contributed by atoms with E-state index < -0.39 is 87.8 Å². The van der Waals surface area contributed by atoms with Gasteiger partial charge in [-0.15, -0.1) is 0 Å². The van der Waals surface area contributed by atoms with Crippen molar-refractivity contribution in [1.29, 1.82) is 0 Å². The van der Waals surface area contributed by atoms with E-state index in [4.69, 9.17) is 13.9 Å². The van der Waals surface area contributed by atoms with Gasteiger partial charge in [-0.2, -0.15) is 0 Å². The average Bonchev–Trinajstić information content (AvgIpc) is 3.46. The Labute approximate surface area is 220 Å². The van der Waals surface area contributed by atoms with E-state index in [2.05, 4.69) is 0 Å². The van der Waals surface area contributed by atoms with E-state index in [1.807, 2.05) is 0 Å². The van der Waals surface area contributed by atoms with Crippen LogP contribution in [0.15, 0.2) is 23.0 Å². The number of aliphatic hydroxyl groups excluding tert-OH is 4. The van der Waals surface area contributed by atoms with Crippen molar-refractivity contribution in [3.8, 4) is 0 Å². The van der Waals surface area contributed by atoms with Crippen molar-refractivity contribution < 1.29 is 48.7 Å². The molecule has 4 N–H and O–H groups in total. The molecule has 10 heteroatoms. The minimum atomic E-state index is -1.55. The Hall–Kier alpha value is -2.11. The molecule has 208 valence electrons. The first-order valence-corrected chi connectivity index (χ1v) is 13.4. The molecule has 1 aromatic heterocycles. The molecular formula is C28H36O10. The smallest absolute Gasteiger partial charge is 0.302 e. The number of rotatable bonds is 2. The summed E-state index contributed by atoms with van der Waals surface area (Å²) in [5, 5.41) is 46.4. The number of Topliss-reactive ketones (excluding diaryl/α,β-unsaturated/α-hetero) is 2. The van der Waals surface area contributed by atoms with Crippen molar-refractivity contribution in [2.45, 2.75) is 83.6 Å². The maximum Gasteiger partial charge on any atom is 0.302 e. The summed E-state index contributed by atoms with van der Waals surface area (Å²) < 4.78 is 16.7. The van der Waals surface area contributed by atoms with Gasteiger partial charge in [0.1, 0.15) is 18.0 Å². The monoisotopic (exact) mass is 532 g/mol. The van der Waals surface area contributed by atoms with Crippen LogP contribution >= 0.6 is 0 Å². The van der Waals surface area contributed by atoms with Crippen LogP contribution in [0.2, 0.25) is 0 Å². The summed E-state index contributed by atoms with van der Waals surface area (Å²) in [4.78, 5) is 40.2. The predicted octanol–water partition coefficient (Wildman–Crippen LogP) is 0.943. The molecule has 38 heavy (non-hydrogen) atoms. The molecule has 10 nitrogen and oxygen atoms in total. The van der Waals surface area contributed by atoms with E-state index in [0.29, 0.717) is 5.56 Å². The third-order valence-corrected chi connectivity index (χ3v) is 11.6. The fraction of sp³-hybridized carbons (Fsp3) is 0.750. The molecule has 13 unspecified atom stereocenters. The number of ether oxygens (including phenoxy) is 2. The number of furan rings is 1. The van der Waals surface area contributed by atoms with Crippen LogP contribution in [-0.4, -0.2) is 75.3 Å². The van der Waals surface area contributed by atoms with Gasteiger partial charge in [-0.25, -0.2) is 0 Å². The van der Waals surface area contributed by atoms with Crippen LogP contribution in [0.5, 0.6) is 0 Å². The van der Waals surface area contributed by atoms with Gasteiger partial charge in [0, 0.05) is 53.8 Å². The summed E-state index contributed by atoms with van der Waals surface area (Å²) in [7, 11) is 0. The Balaban J connectivity index is 1.53. The van der Waals surface area contributed by atoms with E-state index in [0.717, 1.165) is 0 Å². The molecule has 5 aliphatic rings. The zero-order valence-electron chi connectivity index (χ0n) is 22.0. The van der Waals surface area contributed by atoms with E-state index in [-0.39, 0.29) is 31.7 Å². The summed E-state index contributed by atoms with van der Waals surface area (Å²) in [5.74, 6) is -4.49. The van der Waals surface area contributed by atoms with Crippen LogP contribution in [0.3, 0.4) is 0 Å². The molecule has 5 fully saturated rings. The van der Waals surface area contributed by atoms with Gasteiger partial charge >= 0.3 is 5.97 Å². The van der Waals surface area contributed by atoms with E-state index in [9.17, 15) is 34.8 Å². The molecule has 13 atom stereocenters. The van der Waals surface area contributed by atoms with Crippen molar-refractivity contribution in [2.75, 3.05) is 6.61 Å². The molecule has 6 rings (SSSR count). The van der Waals surface area contributed by atoms with Crippen molar-refractivity contribution in [1.82, 2.24) is 0 Å². The van der Waals surface area contributed by atoms with Crippen molar-refractivity contribution >= 4 is 17.5 Å². The van der Waals surface area contributed by atoms with Gasteiger partial charge in [-0.1, -0.05) is 20.8 Å². The lowest BCUT2D eigenvalue weighted by molar-refractivity contribution is -0.371. The van der Waals surface area contributed by atoms with Gasteiger partial charge in [0.05, 0.1) is 36.8 Å². The maximum atomic E-state index is 14.4. The normalized spacial score (nSPS) is 53.6. The van der Waals surface area contributed by atoms with E-state index in [1.165, 1.54) is 19.5 Å². The first-order chi connectivity index (χ1) is 17.8. The van der Waals surface area contributed by atoms with Crippen LogP contribution in [-0.2, 0) is 23.9 Å². The second-order valence-electron chi connectivity index (χ2n) is 13.0. The SMILES string of the molecule is CC(=O)OC1CC(O)C23COC(O)C1(C)C2CC(O)C1(C)C2C(=O)CC(c4ccoc4)C2(C)C(O)C(=O)C13. The zero-order valence-corrected chi connectivity index (χ0v) is 22.0. The van der Waals surface area contributed by atoms with E-state index >= 15 is 0 Å². The largest absolute Gasteiger partial charge is 0.472 e. The van der Waals surface area contributed by atoms with Crippen molar-refractivity contribution in [2.24, 2.45) is 39.4 Å². The molecule has 2 heterocycles. The molecular weight excluding hydrogens is 496 g/mol. The summed E-state index contributed by atoms with van der Waals surface area (Å²) in [6, 6.07) is 1.73. The minimum absolute atomic E-state index is 0.0490. The summed E-state index contributed by atoms with van der Waals surface area (Å²) in [6.07, 6.45) is -3.14. The standard InChI is InChI=1S/C28H36O10/c1-12(29)38-19-9-18(32)28-11-37-24(35)26(19,3)16(28)8-17(31)27(4)21-15(30)7-14(13-5-6-36-10-13)25(21,2)23(34)20(33)22(27)28/h5-6,10,14,16-19,21-24,31-32,34-35H,7-9,11H2,1-4H3. The third kappa shape index (κ3) is 2.78.